The zero-order valence-electron chi connectivity index (χ0n) is 14.4. The minimum Gasteiger partial charge on any atom is -0.497 e. The maximum absolute atomic E-state index is 11.6. The van der Waals surface area contributed by atoms with Crippen LogP contribution in [0.15, 0.2) is 24.3 Å². The minimum absolute atomic E-state index is 0.185. The van der Waals surface area contributed by atoms with Crippen molar-refractivity contribution >= 4 is 12.1 Å². The van der Waals surface area contributed by atoms with Crippen LogP contribution in [0.25, 0.3) is 0 Å². The first-order valence-corrected chi connectivity index (χ1v) is 7.25. The van der Waals surface area contributed by atoms with Gasteiger partial charge in [-0.1, -0.05) is 0 Å². The first kappa shape index (κ1) is 19.7. The summed E-state index contributed by atoms with van der Waals surface area (Å²) >= 11 is 0. The van der Waals surface area contributed by atoms with Crippen molar-refractivity contribution in [3.05, 3.63) is 29.8 Å². The van der Waals surface area contributed by atoms with Crippen LogP contribution in [0.2, 0.25) is 0 Å². The number of hydrogen-bond acceptors (Lipinski definition) is 8. The van der Waals surface area contributed by atoms with Gasteiger partial charge in [-0.2, -0.15) is 0 Å². The summed E-state index contributed by atoms with van der Waals surface area (Å²) in [5.74, 6) is -0.256. The lowest BCUT2D eigenvalue weighted by molar-refractivity contribution is -0.453. The lowest BCUT2D eigenvalue weighted by Gasteiger charge is -2.21. The molecule has 1 aromatic rings. The first-order chi connectivity index (χ1) is 11.2. The SMILES string of the molecule is COc1ccc(C(=O)OOOC(=O)OC(C)COC(C)(C)C)cc1. The van der Waals surface area contributed by atoms with Crippen LogP contribution in [0, 0.1) is 0 Å². The highest BCUT2D eigenvalue weighted by atomic mass is 17.5. The maximum atomic E-state index is 11.6. The number of carbonyl (C=O) groups excluding carboxylic acids is 2. The Bertz CT molecular complexity index is 532. The number of hydrogen-bond donors (Lipinski definition) is 0. The van der Waals surface area contributed by atoms with Crippen molar-refractivity contribution in [3.63, 3.8) is 0 Å². The van der Waals surface area contributed by atoms with E-state index in [0.29, 0.717) is 5.75 Å². The van der Waals surface area contributed by atoms with Crippen LogP contribution in [0.3, 0.4) is 0 Å². The Kier molecular flexibility index (Phi) is 7.47. The van der Waals surface area contributed by atoms with E-state index in [0.717, 1.165) is 0 Å². The molecule has 0 radical (unpaired) electrons. The summed E-state index contributed by atoms with van der Waals surface area (Å²) in [7, 11) is 1.50. The van der Waals surface area contributed by atoms with E-state index in [2.05, 4.69) is 14.8 Å². The van der Waals surface area contributed by atoms with Gasteiger partial charge in [0.1, 0.15) is 11.9 Å². The molecule has 1 atom stereocenters. The average Bonchev–Trinajstić information content (AvgIpc) is 2.52. The average molecular weight is 342 g/mol. The second-order valence-corrected chi connectivity index (χ2v) is 5.85. The van der Waals surface area contributed by atoms with Gasteiger partial charge >= 0.3 is 12.1 Å². The monoisotopic (exact) mass is 342 g/mol. The molecule has 0 aliphatic heterocycles. The van der Waals surface area contributed by atoms with E-state index in [-0.39, 0.29) is 17.8 Å². The van der Waals surface area contributed by atoms with Crippen molar-refractivity contribution in [3.8, 4) is 5.75 Å². The van der Waals surface area contributed by atoms with E-state index < -0.39 is 18.2 Å². The molecule has 0 saturated carbocycles. The van der Waals surface area contributed by atoms with Gasteiger partial charge in [-0.15, -0.1) is 0 Å². The first-order valence-electron chi connectivity index (χ1n) is 7.25. The molecule has 1 rings (SSSR count). The Labute approximate surface area is 140 Å². The van der Waals surface area contributed by atoms with Crippen LogP contribution in [0.4, 0.5) is 4.79 Å². The molecule has 24 heavy (non-hydrogen) atoms. The summed E-state index contributed by atoms with van der Waals surface area (Å²) in [5.41, 5.74) is -0.161. The quantitative estimate of drug-likeness (QED) is 0.424. The van der Waals surface area contributed by atoms with Gasteiger partial charge in [0.2, 0.25) is 0 Å². The van der Waals surface area contributed by atoms with Crippen molar-refractivity contribution < 1.29 is 38.6 Å². The van der Waals surface area contributed by atoms with Crippen LogP contribution in [-0.2, 0) is 24.3 Å². The largest absolute Gasteiger partial charge is 0.543 e. The lowest BCUT2D eigenvalue weighted by atomic mass is 10.2. The van der Waals surface area contributed by atoms with E-state index in [4.69, 9.17) is 14.2 Å². The second-order valence-electron chi connectivity index (χ2n) is 5.85. The van der Waals surface area contributed by atoms with E-state index in [1.54, 1.807) is 19.1 Å². The fraction of sp³-hybridized carbons (Fsp3) is 0.500. The molecule has 0 bridgehead atoms. The van der Waals surface area contributed by atoms with Gasteiger partial charge in [0.25, 0.3) is 0 Å². The van der Waals surface area contributed by atoms with E-state index >= 15 is 0 Å². The molecule has 1 unspecified atom stereocenters. The molecule has 8 nitrogen and oxygen atoms in total. The normalized spacial score (nSPS) is 12.2. The van der Waals surface area contributed by atoms with Gasteiger partial charge in [-0.05, 0) is 52.0 Å². The third-order valence-corrected chi connectivity index (χ3v) is 2.59. The van der Waals surface area contributed by atoms with Gasteiger partial charge < -0.3 is 14.2 Å². The standard InChI is InChI=1S/C16H22O8/c1-11(10-20-16(2,3)4)21-15(18)23-24-22-14(17)12-6-8-13(19-5)9-7-12/h6-9,11H,10H2,1-5H3. The second kappa shape index (κ2) is 9.09. The molecule has 0 amide bonds. The molecule has 0 saturated heterocycles. The van der Waals surface area contributed by atoms with Gasteiger partial charge in [0.15, 0.2) is 0 Å². The van der Waals surface area contributed by atoms with Gasteiger partial charge in [-0.3, -0.25) is 4.89 Å². The lowest BCUT2D eigenvalue weighted by Crippen LogP contribution is -2.28. The van der Waals surface area contributed by atoms with Gasteiger partial charge in [0, 0.05) is 0 Å². The molecule has 8 heteroatoms. The summed E-state index contributed by atoms with van der Waals surface area (Å²) in [6, 6.07) is 6.08. The summed E-state index contributed by atoms with van der Waals surface area (Å²) in [6.45, 7) is 7.43. The predicted molar refractivity (Wildman–Crippen MR) is 82.2 cm³/mol. The highest BCUT2D eigenvalue weighted by molar-refractivity contribution is 5.89. The molecular weight excluding hydrogens is 320 g/mol. The fourth-order valence-electron chi connectivity index (χ4n) is 1.44. The topological polar surface area (TPSA) is 89.5 Å². The summed E-state index contributed by atoms with van der Waals surface area (Å²) < 4.78 is 15.2. The molecule has 0 fully saturated rings. The van der Waals surface area contributed by atoms with Gasteiger partial charge in [-0.25, -0.2) is 14.5 Å². The number of ether oxygens (including phenoxy) is 3. The summed E-state index contributed by atoms with van der Waals surface area (Å²) in [5, 5.41) is 4.12. The molecule has 1 aromatic carbocycles. The molecule has 134 valence electrons. The predicted octanol–water partition coefficient (Wildman–Crippen LogP) is 3.06. The maximum Gasteiger partial charge on any atom is 0.543 e. The summed E-state index contributed by atoms with van der Waals surface area (Å²) in [4.78, 5) is 31.5. The number of methoxy groups -OCH3 is 1. The van der Waals surface area contributed by atoms with E-state index in [9.17, 15) is 9.59 Å². The number of rotatable bonds is 7. The third kappa shape index (κ3) is 7.80. The van der Waals surface area contributed by atoms with Crippen LogP contribution < -0.4 is 4.74 Å². The van der Waals surface area contributed by atoms with E-state index in [1.165, 1.54) is 19.2 Å². The number of carbonyl (C=O) groups is 2. The third-order valence-electron chi connectivity index (χ3n) is 2.59. The fourth-order valence-corrected chi connectivity index (χ4v) is 1.44. The van der Waals surface area contributed by atoms with Crippen molar-refractivity contribution in [2.45, 2.75) is 39.4 Å². The zero-order valence-corrected chi connectivity index (χ0v) is 14.4. The van der Waals surface area contributed by atoms with Crippen LogP contribution in [0.5, 0.6) is 5.75 Å². The van der Waals surface area contributed by atoms with Crippen molar-refractivity contribution in [1.29, 1.82) is 0 Å². The highest BCUT2D eigenvalue weighted by Crippen LogP contribution is 2.12. The molecule has 0 aliphatic carbocycles. The van der Waals surface area contributed by atoms with Crippen molar-refractivity contribution in [2.75, 3.05) is 13.7 Å². The van der Waals surface area contributed by atoms with Crippen molar-refractivity contribution in [1.82, 2.24) is 0 Å². The van der Waals surface area contributed by atoms with E-state index in [1.807, 2.05) is 20.8 Å². The van der Waals surface area contributed by atoms with Crippen LogP contribution in [0.1, 0.15) is 38.1 Å². The molecule has 0 heterocycles. The molecule has 0 aliphatic rings. The van der Waals surface area contributed by atoms with Crippen LogP contribution >= 0.6 is 0 Å². The molecule has 0 aromatic heterocycles. The summed E-state index contributed by atoms with van der Waals surface area (Å²) in [6.07, 6.45) is -1.71. The Hall–Kier alpha value is -2.32. The Morgan fingerprint density at radius 3 is 2.25 bits per heavy atom. The Balaban J connectivity index is 2.28. The Morgan fingerprint density at radius 2 is 1.71 bits per heavy atom. The highest BCUT2D eigenvalue weighted by Gasteiger charge is 2.18. The zero-order chi connectivity index (χ0) is 18.2. The molecule has 0 N–H and O–H groups in total. The smallest absolute Gasteiger partial charge is 0.497 e. The molecule has 0 spiro atoms. The minimum atomic E-state index is -1.15. The number of benzene rings is 1. The molecular formula is C16H22O8. The Morgan fingerprint density at radius 1 is 1.08 bits per heavy atom. The van der Waals surface area contributed by atoms with Crippen LogP contribution in [-0.4, -0.2) is 37.5 Å². The van der Waals surface area contributed by atoms with Crippen molar-refractivity contribution in [2.24, 2.45) is 0 Å². The van der Waals surface area contributed by atoms with Gasteiger partial charge in [0.05, 0.1) is 29.9 Å².